The van der Waals surface area contributed by atoms with E-state index in [4.69, 9.17) is 14.2 Å². The Labute approximate surface area is 148 Å². The molecule has 2 rings (SSSR count). The molecule has 0 amide bonds. The normalized spacial score (nSPS) is 10.0. The molecule has 1 N–H and O–H groups in total. The lowest BCUT2D eigenvalue weighted by Gasteiger charge is -2.13. The highest BCUT2D eigenvalue weighted by Crippen LogP contribution is 2.27. The zero-order valence-corrected chi connectivity index (χ0v) is 14.9. The van der Waals surface area contributed by atoms with Crippen molar-refractivity contribution in [3.8, 4) is 17.2 Å². The molecule has 0 bridgehead atoms. The van der Waals surface area contributed by atoms with Crippen LogP contribution in [-0.4, -0.2) is 27.9 Å². The first-order valence-electron chi connectivity index (χ1n) is 7.42. The van der Waals surface area contributed by atoms with Gasteiger partial charge in [-0.15, -0.1) is 12.4 Å². The van der Waals surface area contributed by atoms with Crippen LogP contribution >= 0.6 is 12.4 Å². The number of ether oxygens (including phenoxy) is 3. The summed E-state index contributed by atoms with van der Waals surface area (Å²) in [6, 6.07) is 10.9. The quantitative estimate of drug-likeness (QED) is 0.734. The fourth-order valence-electron chi connectivity index (χ4n) is 2.41. The molecule has 0 saturated heterocycles. The summed E-state index contributed by atoms with van der Waals surface area (Å²) >= 11 is 0. The van der Waals surface area contributed by atoms with Crippen LogP contribution in [-0.2, 0) is 13.0 Å². The molecule has 24 heavy (non-hydrogen) atoms. The number of halogens is 2. The van der Waals surface area contributed by atoms with Crippen molar-refractivity contribution in [2.45, 2.75) is 13.0 Å². The average Bonchev–Trinajstić information content (AvgIpc) is 2.59. The van der Waals surface area contributed by atoms with Crippen molar-refractivity contribution in [3.63, 3.8) is 0 Å². The largest absolute Gasteiger partial charge is 0.496 e. The van der Waals surface area contributed by atoms with E-state index in [-0.39, 0.29) is 18.2 Å². The zero-order chi connectivity index (χ0) is 16.7. The minimum Gasteiger partial charge on any atom is -0.496 e. The predicted octanol–water partition coefficient (Wildman–Crippen LogP) is 3.61. The molecule has 0 saturated carbocycles. The highest BCUT2D eigenvalue weighted by molar-refractivity contribution is 5.85. The summed E-state index contributed by atoms with van der Waals surface area (Å²) in [4.78, 5) is 0. The molecule has 0 atom stereocenters. The zero-order valence-electron chi connectivity index (χ0n) is 14.1. The van der Waals surface area contributed by atoms with Gasteiger partial charge in [-0.25, -0.2) is 4.39 Å². The standard InChI is InChI=1S/C18H22FNO3.ClH/c1-21-16-7-5-4-6-14(16)12-20-9-8-13-10-18(23-3)15(19)11-17(13)22-2;/h4-7,10-11,20H,8-9,12H2,1-3H3;1H. The van der Waals surface area contributed by atoms with Gasteiger partial charge in [-0.2, -0.15) is 0 Å². The number of nitrogens with one attached hydrogen (secondary N) is 1. The van der Waals surface area contributed by atoms with Crippen molar-refractivity contribution in [2.75, 3.05) is 27.9 Å². The van der Waals surface area contributed by atoms with E-state index < -0.39 is 5.82 Å². The maximum absolute atomic E-state index is 13.7. The van der Waals surface area contributed by atoms with Gasteiger partial charge in [-0.1, -0.05) is 18.2 Å². The lowest BCUT2D eigenvalue weighted by atomic mass is 10.1. The van der Waals surface area contributed by atoms with Crippen LogP contribution in [0.3, 0.4) is 0 Å². The van der Waals surface area contributed by atoms with Gasteiger partial charge in [0.2, 0.25) is 0 Å². The summed E-state index contributed by atoms with van der Waals surface area (Å²) in [6.45, 7) is 1.42. The van der Waals surface area contributed by atoms with Gasteiger partial charge in [0.15, 0.2) is 11.6 Å². The van der Waals surface area contributed by atoms with Crippen molar-refractivity contribution >= 4 is 12.4 Å². The molecule has 0 aliphatic rings. The number of benzene rings is 2. The molecule has 0 fully saturated rings. The van der Waals surface area contributed by atoms with Crippen LogP contribution in [0.15, 0.2) is 36.4 Å². The molecule has 0 aliphatic carbocycles. The van der Waals surface area contributed by atoms with Gasteiger partial charge in [0.25, 0.3) is 0 Å². The van der Waals surface area contributed by atoms with Gasteiger partial charge in [0.05, 0.1) is 21.3 Å². The lowest BCUT2D eigenvalue weighted by Crippen LogP contribution is -2.17. The Morgan fingerprint density at radius 2 is 1.54 bits per heavy atom. The molecule has 2 aromatic rings. The molecule has 0 heterocycles. The maximum Gasteiger partial charge on any atom is 0.168 e. The average molecular weight is 356 g/mol. The second-order valence-electron chi connectivity index (χ2n) is 5.04. The van der Waals surface area contributed by atoms with Crippen molar-refractivity contribution in [1.82, 2.24) is 5.32 Å². The summed E-state index contributed by atoms with van der Waals surface area (Å²) in [5, 5.41) is 3.36. The number of para-hydroxylation sites is 1. The van der Waals surface area contributed by atoms with Crippen LogP contribution in [0.1, 0.15) is 11.1 Å². The van der Waals surface area contributed by atoms with Crippen molar-refractivity contribution in [2.24, 2.45) is 0 Å². The number of methoxy groups -OCH3 is 3. The minimum atomic E-state index is -0.421. The SMILES string of the molecule is COc1cc(CCNCc2ccccc2OC)c(OC)cc1F.Cl. The minimum absolute atomic E-state index is 0. The second kappa shape index (κ2) is 10.0. The number of hydrogen-bond donors (Lipinski definition) is 1. The molecule has 6 heteroatoms. The lowest BCUT2D eigenvalue weighted by molar-refractivity contribution is 0.374. The molecule has 0 aromatic heterocycles. The molecule has 0 spiro atoms. The van der Waals surface area contributed by atoms with E-state index in [9.17, 15) is 4.39 Å². The van der Waals surface area contributed by atoms with Crippen LogP contribution in [0.4, 0.5) is 4.39 Å². The van der Waals surface area contributed by atoms with Gasteiger partial charge in [0.1, 0.15) is 11.5 Å². The Morgan fingerprint density at radius 1 is 0.875 bits per heavy atom. The predicted molar refractivity (Wildman–Crippen MR) is 95.2 cm³/mol. The molecule has 2 aromatic carbocycles. The second-order valence-corrected chi connectivity index (χ2v) is 5.04. The Hall–Kier alpha value is -1.98. The van der Waals surface area contributed by atoms with Crippen LogP contribution in [0, 0.1) is 5.82 Å². The molecule has 0 radical (unpaired) electrons. The Kier molecular flexibility index (Phi) is 8.36. The van der Waals surface area contributed by atoms with Gasteiger partial charge in [-0.05, 0) is 30.7 Å². The first-order chi connectivity index (χ1) is 11.2. The fraction of sp³-hybridized carbons (Fsp3) is 0.333. The smallest absolute Gasteiger partial charge is 0.168 e. The van der Waals surface area contributed by atoms with E-state index in [0.29, 0.717) is 18.7 Å². The molecule has 0 unspecified atom stereocenters. The highest BCUT2D eigenvalue weighted by Gasteiger charge is 2.11. The van der Waals surface area contributed by atoms with Crippen LogP contribution in [0.2, 0.25) is 0 Å². The van der Waals surface area contributed by atoms with Gasteiger partial charge in [0, 0.05) is 18.2 Å². The van der Waals surface area contributed by atoms with E-state index in [1.165, 1.54) is 20.3 Å². The molecule has 4 nitrogen and oxygen atoms in total. The monoisotopic (exact) mass is 355 g/mol. The summed E-state index contributed by atoms with van der Waals surface area (Å²) < 4.78 is 29.3. The van der Waals surface area contributed by atoms with Crippen LogP contribution in [0.5, 0.6) is 17.2 Å². The summed E-state index contributed by atoms with van der Waals surface area (Å²) in [7, 11) is 4.65. The third kappa shape index (κ3) is 5.01. The van der Waals surface area contributed by atoms with E-state index in [1.807, 2.05) is 24.3 Å². The molecular weight excluding hydrogens is 333 g/mol. The first-order valence-corrected chi connectivity index (χ1v) is 7.42. The highest BCUT2D eigenvalue weighted by atomic mass is 35.5. The van der Waals surface area contributed by atoms with Crippen LogP contribution in [0.25, 0.3) is 0 Å². The van der Waals surface area contributed by atoms with Crippen molar-refractivity contribution < 1.29 is 18.6 Å². The molecular formula is C18H23ClFNO3. The van der Waals surface area contributed by atoms with Crippen molar-refractivity contribution in [3.05, 3.63) is 53.3 Å². The van der Waals surface area contributed by atoms with E-state index >= 15 is 0 Å². The molecule has 132 valence electrons. The third-order valence-corrected chi connectivity index (χ3v) is 3.63. The Balaban J connectivity index is 0.00000288. The maximum atomic E-state index is 13.7. The van der Waals surface area contributed by atoms with Crippen LogP contribution < -0.4 is 19.5 Å². The summed E-state index contributed by atoms with van der Waals surface area (Å²) in [5.74, 6) is 1.20. The van der Waals surface area contributed by atoms with Crippen molar-refractivity contribution in [1.29, 1.82) is 0 Å². The van der Waals surface area contributed by atoms with E-state index in [2.05, 4.69) is 5.32 Å². The Bertz CT molecular complexity index is 652. The van der Waals surface area contributed by atoms with Gasteiger partial charge >= 0.3 is 0 Å². The number of hydrogen-bond acceptors (Lipinski definition) is 4. The van der Waals surface area contributed by atoms with E-state index in [1.54, 1.807) is 13.2 Å². The fourth-order valence-corrected chi connectivity index (χ4v) is 2.41. The first kappa shape index (κ1) is 20.1. The van der Waals surface area contributed by atoms with Gasteiger partial charge in [-0.3, -0.25) is 0 Å². The van der Waals surface area contributed by atoms with E-state index in [0.717, 1.165) is 23.4 Å². The molecule has 0 aliphatic heterocycles. The number of rotatable bonds is 8. The van der Waals surface area contributed by atoms with Gasteiger partial charge < -0.3 is 19.5 Å². The topological polar surface area (TPSA) is 39.7 Å². The summed E-state index contributed by atoms with van der Waals surface area (Å²) in [5.41, 5.74) is 2.00. The summed E-state index contributed by atoms with van der Waals surface area (Å²) in [6.07, 6.45) is 0.703. The third-order valence-electron chi connectivity index (χ3n) is 3.63. The Morgan fingerprint density at radius 3 is 2.21 bits per heavy atom.